The van der Waals surface area contributed by atoms with Crippen molar-refractivity contribution in [3.8, 4) is 16.9 Å². The Kier molecular flexibility index (Phi) is 11.6. The van der Waals surface area contributed by atoms with Crippen LogP contribution in [0.2, 0.25) is 5.02 Å². The molecule has 0 aliphatic rings. The Hall–Kier alpha value is -3.44. The van der Waals surface area contributed by atoms with Gasteiger partial charge in [-0.2, -0.15) is 16.7 Å². The lowest BCUT2D eigenvalue weighted by molar-refractivity contribution is 0.551. The van der Waals surface area contributed by atoms with Gasteiger partial charge in [-0.3, -0.25) is 9.98 Å². The molecular formula is C32H39ClFN7OS. The summed E-state index contributed by atoms with van der Waals surface area (Å²) in [4.78, 5) is 20.3. The van der Waals surface area contributed by atoms with E-state index in [2.05, 4.69) is 27.2 Å². The molecule has 0 fully saturated rings. The van der Waals surface area contributed by atoms with Crippen molar-refractivity contribution in [1.82, 2.24) is 25.2 Å². The molecule has 0 aliphatic heterocycles. The first kappa shape index (κ1) is 32.5. The fourth-order valence-electron chi connectivity index (χ4n) is 4.84. The maximum atomic E-state index is 15.1. The summed E-state index contributed by atoms with van der Waals surface area (Å²) in [6, 6.07) is 13.1. The van der Waals surface area contributed by atoms with Gasteiger partial charge in [0.05, 0.1) is 22.2 Å². The van der Waals surface area contributed by atoms with Gasteiger partial charge in [-0.1, -0.05) is 29.8 Å². The van der Waals surface area contributed by atoms with Gasteiger partial charge in [0.1, 0.15) is 11.5 Å². The molecule has 2 atom stereocenters. The SMILES string of the molecule is C=C[C@@H](CCNC(=N)CSC)NCc1ccc(-n2cc3cc(-c4cc(CCC[C@H](C)N)cc(Cl)c4F)[nH]c3nc2=O)cc1. The summed E-state index contributed by atoms with van der Waals surface area (Å²) < 4.78 is 16.6. The van der Waals surface area contributed by atoms with Crippen molar-refractivity contribution >= 4 is 40.2 Å². The van der Waals surface area contributed by atoms with E-state index >= 15 is 4.39 Å². The zero-order valence-corrected chi connectivity index (χ0v) is 26.1. The number of fused-ring (bicyclic) bond motifs is 1. The molecule has 0 saturated heterocycles. The van der Waals surface area contributed by atoms with Crippen molar-refractivity contribution in [2.45, 2.75) is 51.2 Å². The second kappa shape index (κ2) is 15.3. The number of amidine groups is 1. The topological polar surface area (TPSA) is 125 Å². The van der Waals surface area contributed by atoms with Gasteiger partial charge in [-0.25, -0.2) is 9.18 Å². The van der Waals surface area contributed by atoms with Crippen molar-refractivity contribution in [1.29, 1.82) is 5.41 Å². The molecule has 11 heteroatoms. The average molecular weight is 624 g/mol. The summed E-state index contributed by atoms with van der Waals surface area (Å²) in [5.74, 6) is 0.680. The van der Waals surface area contributed by atoms with Crippen molar-refractivity contribution < 1.29 is 4.39 Å². The Morgan fingerprint density at radius 3 is 2.72 bits per heavy atom. The van der Waals surface area contributed by atoms with Gasteiger partial charge in [-0.05, 0) is 80.3 Å². The van der Waals surface area contributed by atoms with Gasteiger partial charge in [0.15, 0.2) is 5.82 Å². The number of nitrogens with zero attached hydrogens (tertiary/aromatic N) is 2. The minimum atomic E-state index is -0.520. The van der Waals surface area contributed by atoms with Crippen LogP contribution in [-0.4, -0.2) is 51.0 Å². The first-order valence-electron chi connectivity index (χ1n) is 14.3. The maximum Gasteiger partial charge on any atom is 0.354 e. The lowest BCUT2D eigenvalue weighted by atomic mass is 10.0. The number of hydrogen-bond acceptors (Lipinski definition) is 6. The van der Waals surface area contributed by atoms with Crippen LogP contribution < -0.4 is 22.1 Å². The van der Waals surface area contributed by atoms with E-state index in [0.29, 0.717) is 52.7 Å². The fourth-order valence-corrected chi connectivity index (χ4v) is 5.47. The standard InChI is InChI=1S/C32H39ClFN7OS/c1-4-24(12-13-37-29(36)19-43-3)38-17-21-8-10-25(11-9-21)41-18-23-16-28(39-31(23)40-32(41)42)26-14-22(7-5-6-20(2)35)15-27(33)30(26)34/h4,8-11,14-16,18,20,24,38H,1,5-7,12-13,17,19,35H2,2-3H3,(H2,36,37)(H,39,40,42)/t20-,24-/m0/s1. The Bertz CT molecular complexity index is 1620. The monoisotopic (exact) mass is 623 g/mol. The molecule has 0 aliphatic carbocycles. The molecular weight excluding hydrogens is 585 g/mol. The van der Waals surface area contributed by atoms with Gasteiger partial charge in [0.25, 0.3) is 0 Å². The molecule has 0 amide bonds. The zero-order valence-electron chi connectivity index (χ0n) is 24.6. The van der Waals surface area contributed by atoms with Crippen LogP contribution in [0.1, 0.15) is 37.3 Å². The summed E-state index contributed by atoms with van der Waals surface area (Å²) in [6.45, 7) is 7.21. The third-order valence-electron chi connectivity index (χ3n) is 7.16. The molecule has 0 saturated carbocycles. The van der Waals surface area contributed by atoms with Crippen LogP contribution in [0.4, 0.5) is 4.39 Å². The fraction of sp³-hybridized carbons (Fsp3) is 0.344. The second-order valence-corrected chi connectivity index (χ2v) is 12.0. The number of hydrogen-bond donors (Lipinski definition) is 5. The summed E-state index contributed by atoms with van der Waals surface area (Å²) in [5, 5.41) is 15.2. The molecule has 4 rings (SSSR count). The van der Waals surface area contributed by atoms with Crippen LogP contribution in [0.15, 0.2) is 66.1 Å². The number of nitrogens with one attached hydrogen (secondary N) is 4. The van der Waals surface area contributed by atoms with Crippen LogP contribution in [0.5, 0.6) is 0 Å². The first-order valence-corrected chi connectivity index (χ1v) is 16.1. The number of nitrogens with two attached hydrogens (primary N) is 1. The lowest BCUT2D eigenvalue weighted by Crippen LogP contribution is -2.33. The van der Waals surface area contributed by atoms with Crippen LogP contribution in [0, 0.1) is 11.2 Å². The molecule has 43 heavy (non-hydrogen) atoms. The Morgan fingerprint density at radius 1 is 1.26 bits per heavy atom. The van der Waals surface area contributed by atoms with Crippen LogP contribution in [0.25, 0.3) is 28.0 Å². The number of H-pyrrole nitrogens is 1. The maximum absolute atomic E-state index is 15.1. The van der Waals surface area contributed by atoms with Crippen molar-refractivity contribution in [3.05, 3.63) is 93.8 Å². The summed E-state index contributed by atoms with van der Waals surface area (Å²) >= 11 is 7.86. The van der Waals surface area contributed by atoms with E-state index in [1.807, 2.05) is 43.5 Å². The molecule has 2 aromatic heterocycles. The normalized spacial score (nSPS) is 12.8. The van der Waals surface area contributed by atoms with Gasteiger partial charge < -0.3 is 21.4 Å². The summed E-state index contributed by atoms with van der Waals surface area (Å²) in [5.41, 5.74) is 9.29. The first-order chi connectivity index (χ1) is 20.7. The van der Waals surface area contributed by atoms with Crippen molar-refractivity contribution in [2.75, 3.05) is 18.6 Å². The predicted molar refractivity (Wildman–Crippen MR) is 178 cm³/mol. The number of benzene rings is 2. The lowest BCUT2D eigenvalue weighted by Gasteiger charge is -2.16. The minimum Gasteiger partial charge on any atom is -0.373 e. The van der Waals surface area contributed by atoms with Gasteiger partial charge >= 0.3 is 5.69 Å². The highest BCUT2D eigenvalue weighted by Crippen LogP contribution is 2.31. The highest BCUT2D eigenvalue weighted by Gasteiger charge is 2.16. The number of aromatic nitrogens is 3. The number of halogens is 2. The van der Waals surface area contributed by atoms with Crippen molar-refractivity contribution in [3.63, 3.8) is 0 Å². The van der Waals surface area contributed by atoms with E-state index in [-0.39, 0.29) is 17.1 Å². The third-order valence-corrected chi connectivity index (χ3v) is 8.01. The molecule has 0 radical (unpaired) electrons. The minimum absolute atomic E-state index is 0.0526. The van der Waals surface area contributed by atoms with E-state index in [9.17, 15) is 4.79 Å². The zero-order chi connectivity index (χ0) is 30.9. The van der Waals surface area contributed by atoms with Gasteiger partial charge in [0.2, 0.25) is 0 Å². The van der Waals surface area contributed by atoms with E-state index in [1.165, 1.54) is 4.57 Å². The quantitative estimate of drug-likeness (QED) is 0.0647. The van der Waals surface area contributed by atoms with Crippen molar-refractivity contribution in [2.24, 2.45) is 5.73 Å². The Balaban J connectivity index is 1.47. The van der Waals surface area contributed by atoms with Crippen LogP contribution >= 0.6 is 23.4 Å². The highest BCUT2D eigenvalue weighted by atomic mass is 35.5. The molecule has 2 aromatic carbocycles. The largest absolute Gasteiger partial charge is 0.373 e. The average Bonchev–Trinajstić information content (AvgIpc) is 3.39. The van der Waals surface area contributed by atoms with E-state index in [4.69, 9.17) is 22.7 Å². The second-order valence-electron chi connectivity index (χ2n) is 10.7. The number of thioether (sulfide) groups is 1. The smallest absolute Gasteiger partial charge is 0.354 e. The predicted octanol–water partition coefficient (Wildman–Crippen LogP) is 5.81. The van der Waals surface area contributed by atoms with E-state index in [0.717, 1.165) is 36.8 Å². The summed E-state index contributed by atoms with van der Waals surface area (Å²) in [6.07, 6.45) is 8.84. The number of aryl methyl sites for hydroxylation is 1. The molecule has 8 nitrogen and oxygen atoms in total. The molecule has 6 N–H and O–H groups in total. The van der Waals surface area contributed by atoms with E-state index in [1.54, 1.807) is 36.2 Å². The molecule has 0 bridgehead atoms. The molecule has 0 unspecified atom stereocenters. The Labute approximate surface area is 260 Å². The van der Waals surface area contributed by atoms with E-state index < -0.39 is 11.5 Å². The number of rotatable bonds is 15. The summed E-state index contributed by atoms with van der Waals surface area (Å²) in [7, 11) is 0. The number of aromatic amines is 1. The molecule has 2 heterocycles. The van der Waals surface area contributed by atoms with Crippen LogP contribution in [0.3, 0.4) is 0 Å². The highest BCUT2D eigenvalue weighted by molar-refractivity contribution is 7.99. The van der Waals surface area contributed by atoms with Gasteiger partial charge in [-0.15, -0.1) is 6.58 Å². The van der Waals surface area contributed by atoms with Gasteiger partial charge in [0, 0.05) is 42.3 Å². The third kappa shape index (κ3) is 8.79. The molecule has 228 valence electrons. The molecule has 0 spiro atoms. The Morgan fingerprint density at radius 2 is 2.02 bits per heavy atom. The van der Waals surface area contributed by atoms with Crippen LogP contribution in [-0.2, 0) is 13.0 Å². The molecule has 4 aromatic rings.